The number of allylic oxidation sites excluding steroid dienone is 4. The van der Waals surface area contributed by atoms with Gasteiger partial charge in [0.25, 0.3) is 0 Å². The second kappa shape index (κ2) is 17.9. The van der Waals surface area contributed by atoms with E-state index in [0.717, 1.165) is 57.4 Å². The van der Waals surface area contributed by atoms with Gasteiger partial charge in [-0.2, -0.15) is 0 Å². The molecule has 0 aromatic heterocycles. The lowest BCUT2D eigenvalue weighted by atomic mass is 10.0. The molecule has 38 heavy (non-hydrogen) atoms. The van der Waals surface area contributed by atoms with Gasteiger partial charge in [0, 0.05) is 25.9 Å². The molecule has 1 aromatic rings. The number of benzene rings is 1. The number of unbranched alkanes of at least 4 members (excludes halogenated alkanes) is 1. The maximum absolute atomic E-state index is 11.9. The van der Waals surface area contributed by atoms with Gasteiger partial charge in [-0.25, -0.2) is 0 Å². The molecule has 10 heteroatoms. The van der Waals surface area contributed by atoms with Crippen molar-refractivity contribution in [3.63, 3.8) is 0 Å². The minimum atomic E-state index is -0.533. The normalized spacial score (nSPS) is 12.9. The molecule has 0 fully saturated rings. The molecular formula is C28H40N4O6. The van der Waals surface area contributed by atoms with Gasteiger partial charge in [-0.3, -0.25) is 19.2 Å². The predicted molar refractivity (Wildman–Crippen MR) is 145 cm³/mol. The van der Waals surface area contributed by atoms with Crippen LogP contribution < -0.4 is 21.3 Å². The van der Waals surface area contributed by atoms with E-state index >= 15 is 0 Å². The number of hydrogen-bond acceptors (Lipinski definition) is 8. The molecule has 208 valence electrons. The highest BCUT2D eigenvalue weighted by Crippen LogP contribution is 2.25. The summed E-state index contributed by atoms with van der Waals surface area (Å²) in [5.74, 6) is -1.50. The Hall–Kier alpha value is -3.50. The maximum Gasteiger partial charge on any atom is 0.225 e. The van der Waals surface area contributed by atoms with Crippen molar-refractivity contribution in [3.05, 3.63) is 47.6 Å². The lowest BCUT2D eigenvalue weighted by Gasteiger charge is -2.09. The Morgan fingerprint density at radius 2 is 1.24 bits per heavy atom. The summed E-state index contributed by atoms with van der Waals surface area (Å²) in [6, 6.07) is 4.58. The van der Waals surface area contributed by atoms with Crippen LogP contribution in [0.1, 0.15) is 50.5 Å². The third kappa shape index (κ3) is 13.2. The van der Waals surface area contributed by atoms with Gasteiger partial charge in [-0.15, -0.1) is 0 Å². The smallest absolute Gasteiger partial charge is 0.225 e. The topological polar surface area (TPSA) is 157 Å². The number of aromatic hydroxyl groups is 2. The van der Waals surface area contributed by atoms with Crippen LogP contribution in [0.15, 0.2) is 42.0 Å². The fraction of sp³-hybridized carbons (Fsp3) is 0.500. The molecule has 1 aliphatic rings. The maximum atomic E-state index is 11.9. The number of rotatable bonds is 19. The Morgan fingerprint density at radius 1 is 0.658 bits per heavy atom. The molecule has 0 bridgehead atoms. The van der Waals surface area contributed by atoms with Crippen molar-refractivity contribution in [2.45, 2.75) is 51.4 Å². The fourth-order valence-electron chi connectivity index (χ4n) is 3.76. The van der Waals surface area contributed by atoms with Crippen molar-refractivity contribution in [2.75, 3.05) is 39.3 Å². The molecular weight excluding hydrogens is 488 g/mol. The minimum absolute atomic E-state index is 0.0332. The van der Waals surface area contributed by atoms with E-state index in [4.69, 9.17) is 0 Å². The summed E-state index contributed by atoms with van der Waals surface area (Å²) < 4.78 is 0. The minimum Gasteiger partial charge on any atom is -0.504 e. The lowest BCUT2D eigenvalue weighted by Crippen LogP contribution is -2.28. The second-order valence-electron chi connectivity index (χ2n) is 9.22. The van der Waals surface area contributed by atoms with Gasteiger partial charge in [0.2, 0.25) is 23.4 Å². The highest BCUT2D eigenvalue weighted by atomic mass is 16.3. The zero-order chi connectivity index (χ0) is 27.6. The first kappa shape index (κ1) is 30.7. The van der Waals surface area contributed by atoms with Gasteiger partial charge >= 0.3 is 0 Å². The highest BCUT2D eigenvalue weighted by molar-refractivity contribution is 6.46. The van der Waals surface area contributed by atoms with Crippen molar-refractivity contribution < 1.29 is 29.4 Å². The summed E-state index contributed by atoms with van der Waals surface area (Å²) in [5, 5.41) is 31.3. The van der Waals surface area contributed by atoms with Crippen LogP contribution in [0.25, 0.3) is 0 Å². The molecule has 0 radical (unpaired) electrons. The van der Waals surface area contributed by atoms with E-state index in [1.165, 1.54) is 24.3 Å². The third-order valence-corrected chi connectivity index (χ3v) is 5.99. The Bertz CT molecular complexity index is 1010. The summed E-state index contributed by atoms with van der Waals surface area (Å²) in [6.45, 7) is 4.70. The Morgan fingerprint density at radius 3 is 1.82 bits per heavy atom. The number of phenols is 2. The number of hydrogen-bond donors (Lipinski definition) is 6. The molecule has 1 aromatic carbocycles. The highest BCUT2D eigenvalue weighted by Gasteiger charge is 2.13. The lowest BCUT2D eigenvalue weighted by molar-refractivity contribution is -0.131. The van der Waals surface area contributed by atoms with Crippen LogP contribution in [0, 0.1) is 0 Å². The number of phenolic OH excluding ortho intramolecular Hbond substituents is 2. The molecule has 0 unspecified atom stereocenters. The van der Waals surface area contributed by atoms with Crippen LogP contribution in [-0.4, -0.2) is 72.9 Å². The average Bonchev–Trinajstić information content (AvgIpc) is 2.90. The number of amides is 2. The SMILES string of the molecule is O=C(CCC1=CC(=O)C(=O)C=C1)NCCCNCCCCNCCCNC(=O)CCc1ccc(O)c(O)c1. The standard InChI is InChI=1S/C28H40N4O6/c33-23-9-5-21(19-25(23)35)7-11-27(37)31-17-3-15-29-13-1-2-14-30-16-4-18-32-28(38)12-8-22-6-10-24(34)26(36)20-22/h5-6,9-10,19-20,29-30,33,35H,1-4,7-8,11-18H2,(H,31,37)(H,32,38). The molecule has 2 amide bonds. The number of nitrogens with one attached hydrogen (secondary N) is 4. The Balaban J connectivity index is 1.32. The zero-order valence-corrected chi connectivity index (χ0v) is 21.9. The van der Waals surface area contributed by atoms with Crippen LogP contribution in [-0.2, 0) is 25.6 Å². The molecule has 0 saturated heterocycles. The van der Waals surface area contributed by atoms with Crippen LogP contribution in [0.2, 0.25) is 0 Å². The van der Waals surface area contributed by atoms with E-state index in [-0.39, 0.29) is 29.7 Å². The molecule has 0 spiro atoms. The largest absolute Gasteiger partial charge is 0.504 e. The second-order valence-corrected chi connectivity index (χ2v) is 9.22. The fourth-order valence-corrected chi connectivity index (χ4v) is 3.76. The summed E-state index contributed by atoms with van der Waals surface area (Å²) in [5.41, 5.74) is 1.50. The van der Waals surface area contributed by atoms with E-state index < -0.39 is 11.6 Å². The predicted octanol–water partition coefficient (Wildman–Crippen LogP) is 1.42. The van der Waals surface area contributed by atoms with Crippen molar-refractivity contribution in [3.8, 4) is 11.5 Å². The third-order valence-electron chi connectivity index (χ3n) is 5.99. The quantitative estimate of drug-likeness (QED) is 0.0681. The first-order valence-electron chi connectivity index (χ1n) is 13.3. The van der Waals surface area contributed by atoms with Crippen molar-refractivity contribution in [2.24, 2.45) is 0 Å². The molecule has 0 heterocycles. The molecule has 0 atom stereocenters. The van der Waals surface area contributed by atoms with Crippen molar-refractivity contribution >= 4 is 23.4 Å². The summed E-state index contributed by atoms with van der Waals surface area (Å²) in [4.78, 5) is 46.3. The van der Waals surface area contributed by atoms with Gasteiger partial charge in [0.1, 0.15) is 0 Å². The number of aryl methyl sites for hydroxylation is 1. The number of ketones is 2. The molecule has 2 rings (SSSR count). The van der Waals surface area contributed by atoms with Gasteiger partial charge in [-0.05, 0) is 100 Å². The van der Waals surface area contributed by atoms with Crippen LogP contribution in [0.3, 0.4) is 0 Å². The van der Waals surface area contributed by atoms with Crippen LogP contribution >= 0.6 is 0 Å². The van der Waals surface area contributed by atoms with Gasteiger partial charge in [0.15, 0.2) is 11.5 Å². The summed E-state index contributed by atoms with van der Waals surface area (Å²) >= 11 is 0. The monoisotopic (exact) mass is 528 g/mol. The van der Waals surface area contributed by atoms with Crippen LogP contribution in [0.5, 0.6) is 11.5 Å². The first-order chi connectivity index (χ1) is 18.3. The van der Waals surface area contributed by atoms with E-state index in [1.54, 1.807) is 12.1 Å². The van der Waals surface area contributed by atoms with Gasteiger partial charge in [-0.1, -0.05) is 12.1 Å². The summed E-state index contributed by atoms with van der Waals surface area (Å²) in [6.07, 6.45) is 9.49. The molecule has 10 nitrogen and oxygen atoms in total. The van der Waals surface area contributed by atoms with E-state index in [2.05, 4.69) is 21.3 Å². The Labute approximate surface area is 224 Å². The van der Waals surface area contributed by atoms with Gasteiger partial charge in [0.05, 0.1) is 0 Å². The van der Waals surface area contributed by atoms with E-state index in [9.17, 15) is 29.4 Å². The Kier molecular flexibility index (Phi) is 14.4. The molecule has 0 saturated carbocycles. The van der Waals surface area contributed by atoms with Gasteiger partial charge < -0.3 is 31.5 Å². The summed E-state index contributed by atoms with van der Waals surface area (Å²) in [7, 11) is 0. The van der Waals surface area contributed by atoms with E-state index in [1.807, 2.05) is 0 Å². The van der Waals surface area contributed by atoms with Crippen molar-refractivity contribution in [1.82, 2.24) is 21.3 Å². The zero-order valence-electron chi connectivity index (χ0n) is 21.9. The van der Waals surface area contributed by atoms with Crippen molar-refractivity contribution in [1.29, 1.82) is 0 Å². The average molecular weight is 529 g/mol. The number of carbonyl (C=O) groups excluding carboxylic acids is 4. The molecule has 1 aliphatic carbocycles. The molecule has 6 N–H and O–H groups in total. The first-order valence-corrected chi connectivity index (χ1v) is 13.3. The van der Waals surface area contributed by atoms with Crippen LogP contribution in [0.4, 0.5) is 0 Å². The molecule has 0 aliphatic heterocycles. The van der Waals surface area contributed by atoms with E-state index in [0.29, 0.717) is 37.9 Å². The number of carbonyl (C=O) groups is 4.